The first-order chi connectivity index (χ1) is 15.4. The zero-order chi connectivity index (χ0) is 24.3. The number of fused-ring (bicyclic) bond motifs is 1. The summed E-state index contributed by atoms with van der Waals surface area (Å²) in [6, 6.07) is 5.61. The van der Waals surface area contributed by atoms with Crippen molar-refractivity contribution in [1.29, 1.82) is 0 Å². The van der Waals surface area contributed by atoms with Gasteiger partial charge in [-0.15, -0.1) is 0 Å². The molecule has 33 heavy (non-hydrogen) atoms. The van der Waals surface area contributed by atoms with Crippen molar-refractivity contribution in [3.63, 3.8) is 0 Å². The highest BCUT2D eigenvalue weighted by Crippen LogP contribution is 2.24. The first-order valence-corrected chi connectivity index (χ1v) is 15.0. The predicted octanol–water partition coefficient (Wildman–Crippen LogP) is 1.75. The van der Waals surface area contributed by atoms with Gasteiger partial charge in [0.15, 0.2) is 0 Å². The molecule has 1 aliphatic heterocycles. The SMILES string of the molecule is C[Si](C)(C)C[C@H](NC(=O)c1cc2cccc(Cl)c2[nH]1)C(=O)N[C@@H](C[C@@H]1CCNC1=O)C(N)=O. The van der Waals surface area contributed by atoms with Crippen molar-refractivity contribution in [1.82, 2.24) is 20.9 Å². The molecular formula is C22H30ClN5O4Si. The lowest BCUT2D eigenvalue weighted by Gasteiger charge is -2.27. The fraction of sp³-hybridized carbons (Fsp3) is 0.455. The van der Waals surface area contributed by atoms with Crippen LogP contribution in [0.3, 0.4) is 0 Å². The third kappa shape index (κ3) is 6.35. The third-order valence-corrected chi connectivity index (χ3v) is 7.58. The number of amides is 4. The first-order valence-electron chi connectivity index (χ1n) is 10.9. The predicted molar refractivity (Wildman–Crippen MR) is 130 cm³/mol. The van der Waals surface area contributed by atoms with Gasteiger partial charge in [-0.3, -0.25) is 19.2 Å². The number of aromatic nitrogens is 1. The molecule has 0 unspecified atom stereocenters. The first kappa shape index (κ1) is 24.8. The summed E-state index contributed by atoms with van der Waals surface area (Å²) in [7, 11) is -1.80. The van der Waals surface area contributed by atoms with Crippen molar-refractivity contribution in [3.8, 4) is 0 Å². The zero-order valence-electron chi connectivity index (χ0n) is 19.0. The van der Waals surface area contributed by atoms with E-state index in [1.165, 1.54) is 0 Å². The van der Waals surface area contributed by atoms with Crippen LogP contribution in [-0.2, 0) is 14.4 Å². The number of nitrogens with one attached hydrogen (secondary N) is 4. The maximum atomic E-state index is 13.1. The minimum atomic E-state index is -1.80. The molecule has 2 aromatic rings. The zero-order valence-corrected chi connectivity index (χ0v) is 20.7. The molecule has 1 aromatic heterocycles. The van der Waals surface area contributed by atoms with Crippen LogP contribution in [0, 0.1) is 5.92 Å². The summed E-state index contributed by atoms with van der Waals surface area (Å²) in [6.45, 7) is 6.77. The van der Waals surface area contributed by atoms with Gasteiger partial charge in [0.1, 0.15) is 17.8 Å². The highest BCUT2D eigenvalue weighted by atomic mass is 35.5. The van der Waals surface area contributed by atoms with E-state index in [-0.39, 0.29) is 23.9 Å². The van der Waals surface area contributed by atoms with Crippen LogP contribution in [0.1, 0.15) is 23.3 Å². The van der Waals surface area contributed by atoms with E-state index in [2.05, 4.69) is 40.6 Å². The van der Waals surface area contributed by atoms with Gasteiger partial charge >= 0.3 is 0 Å². The number of carbonyl (C=O) groups is 4. The Bertz CT molecular complexity index is 1080. The standard InChI is InChI=1S/C22H30ClN5O4Si/c1-33(2,3)11-17(22(32)27-15(19(24)29)10-13-7-8-25-20(13)30)28-21(31)16-9-12-5-4-6-14(23)18(12)26-16/h4-6,9,13,15,17,26H,7-8,10-11H2,1-3H3,(H2,24,29)(H,25,30)(H,27,32)(H,28,31)/t13-,15-,17-/m0/s1. The summed E-state index contributed by atoms with van der Waals surface area (Å²) in [5, 5.41) is 9.44. The topological polar surface area (TPSA) is 146 Å². The molecule has 0 saturated carbocycles. The second kappa shape index (κ2) is 9.96. The highest BCUT2D eigenvalue weighted by Gasteiger charge is 2.34. The average Bonchev–Trinajstić information content (AvgIpc) is 3.33. The molecular weight excluding hydrogens is 462 g/mol. The Morgan fingerprint density at radius 1 is 1.21 bits per heavy atom. The van der Waals surface area contributed by atoms with Crippen molar-refractivity contribution in [2.75, 3.05) is 6.54 Å². The Kier molecular flexibility index (Phi) is 7.48. The number of benzene rings is 1. The number of aromatic amines is 1. The van der Waals surface area contributed by atoms with Crippen molar-refractivity contribution < 1.29 is 19.2 Å². The third-order valence-electron chi connectivity index (χ3n) is 5.63. The van der Waals surface area contributed by atoms with E-state index >= 15 is 0 Å². The van der Waals surface area contributed by atoms with E-state index in [0.717, 1.165) is 5.39 Å². The molecule has 1 saturated heterocycles. The number of hydrogen-bond acceptors (Lipinski definition) is 4. The van der Waals surface area contributed by atoms with E-state index in [4.69, 9.17) is 17.3 Å². The monoisotopic (exact) mass is 491 g/mol. The minimum Gasteiger partial charge on any atom is -0.368 e. The Balaban J connectivity index is 1.76. The number of primary amides is 1. The summed E-state index contributed by atoms with van der Waals surface area (Å²) in [5.74, 6) is -2.20. The summed E-state index contributed by atoms with van der Waals surface area (Å²) in [5.41, 5.74) is 6.42. The molecule has 0 aliphatic carbocycles. The molecule has 9 nitrogen and oxygen atoms in total. The van der Waals surface area contributed by atoms with E-state index < -0.39 is 37.9 Å². The molecule has 11 heteroatoms. The molecule has 0 bridgehead atoms. The van der Waals surface area contributed by atoms with E-state index in [1.54, 1.807) is 18.2 Å². The lowest BCUT2D eigenvalue weighted by Crippen LogP contribution is -2.55. The molecule has 4 amide bonds. The van der Waals surface area contributed by atoms with Crippen LogP contribution in [0.25, 0.3) is 10.9 Å². The van der Waals surface area contributed by atoms with Crippen LogP contribution in [0.4, 0.5) is 0 Å². The fourth-order valence-electron chi connectivity index (χ4n) is 3.97. The van der Waals surface area contributed by atoms with Crippen molar-refractivity contribution in [3.05, 3.63) is 35.0 Å². The molecule has 1 fully saturated rings. The average molecular weight is 492 g/mol. The van der Waals surface area contributed by atoms with Crippen LogP contribution in [0.5, 0.6) is 0 Å². The smallest absolute Gasteiger partial charge is 0.268 e. The number of H-pyrrole nitrogens is 1. The summed E-state index contributed by atoms with van der Waals surface area (Å²) < 4.78 is 0. The Morgan fingerprint density at radius 2 is 1.94 bits per heavy atom. The Labute approximate surface area is 198 Å². The molecule has 178 valence electrons. The number of carbonyl (C=O) groups excluding carboxylic acids is 4. The van der Waals surface area contributed by atoms with Gasteiger partial charge in [-0.05, 0) is 31.0 Å². The lowest BCUT2D eigenvalue weighted by molar-refractivity contribution is -0.129. The van der Waals surface area contributed by atoms with Crippen LogP contribution < -0.4 is 21.7 Å². The summed E-state index contributed by atoms with van der Waals surface area (Å²) in [6.07, 6.45) is 0.706. The highest BCUT2D eigenvalue weighted by molar-refractivity contribution is 6.76. The maximum Gasteiger partial charge on any atom is 0.268 e. The second-order valence-electron chi connectivity index (χ2n) is 9.65. The van der Waals surface area contributed by atoms with Crippen LogP contribution >= 0.6 is 11.6 Å². The van der Waals surface area contributed by atoms with Gasteiger partial charge in [-0.2, -0.15) is 0 Å². The Hall–Kier alpha value is -2.85. The molecule has 3 atom stereocenters. The molecule has 1 aliphatic rings. The normalized spacial score (nSPS) is 17.9. The summed E-state index contributed by atoms with van der Waals surface area (Å²) >= 11 is 6.19. The van der Waals surface area contributed by atoms with Crippen molar-refractivity contribution in [2.24, 2.45) is 11.7 Å². The second-order valence-corrected chi connectivity index (χ2v) is 15.6. The molecule has 1 aromatic carbocycles. The molecule has 3 rings (SSSR count). The van der Waals surface area contributed by atoms with Gasteiger partial charge in [0, 0.05) is 25.9 Å². The number of halogens is 1. The molecule has 2 heterocycles. The minimum absolute atomic E-state index is 0.126. The fourth-order valence-corrected chi connectivity index (χ4v) is 5.71. The van der Waals surface area contributed by atoms with Crippen LogP contribution in [0.15, 0.2) is 24.3 Å². The maximum absolute atomic E-state index is 13.1. The van der Waals surface area contributed by atoms with Gasteiger partial charge in [-0.1, -0.05) is 43.4 Å². The van der Waals surface area contributed by atoms with Gasteiger partial charge in [-0.25, -0.2) is 0 Å². The molecule has 6 N–H and O–H groups in total. The van der Waals surface area contributed by atoms with E-state index in [9.17, 15) is 19.2 Å². The quantitative estimate of drug-likeness (QED) is 0.340. The number of nitrogens with two attached hydrogens (primary N) is 1. The van der Waals surface area contributed by atoms with Crippen LogP contribution in [-0.4, -0.2) is 55.3 Å². The number of hydrogen-bond donors (Lipinski definition) is 5. The van der Waals surface area contributed by atoms with E-state index in [1.807, 2.05) is 6.07 Å². The largest absolute Gasteiger partial charge is 0.368 e. The van der Waals surface area contributed by atoms with Crippen LogP contribution in [0.2, 0.25) is 30.7 Å². The van der Waals surface area contributed by atoms with Gasteiger partial charge in [0.2, 0.25) is 17.7 Å². The van der Waals surface area contributed by atoms with Gasteiger partial charge < -0.3 is 26.7 Å². The van der Waals surface area contributed by atoms with Crippen molar-refractivity contribution in [2.45, 2.75) is 50.6 Å². The molecule has 0 radical (unpaired) electrons. The number of rotatable bonds is 9. The van der Waals surface area contributed by atoms with Gasteiger partial charge in [0.05, 0.1) is 10.5 Å². The van der Waals surface area contributed by atoms with E-state index in [0.29, 0.717) is 29.5 Å². The number of para-hydroxylation sites is 1. The molecule has 0 spiro atoms. The van der Waals surface area contributed by atoms with Crippen molar-refractivity contribution >= 4 is 54.2 Å². The summed E-state index contributed by atoms with van der Waals surface area (Å²) in [4.78, 5) is 53.0. The van der Waals surface area contributed by atoms with Gasteiger partial charge in [0.25, 0.3) is 5.91 Å². The lowest BCUT2D eigenvalue weighted by atomic mass is 9.97. The Morgan fingerprint density at radius 3 is 2.52 bits per heavy atom.